The number of rotatable bonds is 8. The van der Waals surface area contributed by atoms with Crippen molar-refractivity contribution in [2.24, 2.45) is 0 Å². The molecule has 6 heteroatoms. The first kappa shape index (κ1) is 19.0. The highest BCUT2D eigenvalue weighted by atomic mass is 32.2. The van der Waals surface area contributed by atoms with E-state index in [-0.39, 0.29) is 0 Å². The van der Waals surface area contributed by atoms with Crippen LogP contribution in [0.5, 0.6) is 0 Å². The largest absolute Gasteiger partial charge is 0.372 e. The van der Waals surface area contributed by atoms with Crippen molar-refractivity contribution in [2.75, 3.05) is 23.7 Å². The molecule has 0 aliphatic carbocycles. The summed E-state index contributed by atoms with van der Waals surface area (Å²) >= 11 is 1.56. The minimum atomic E-state index is 0.486. The number of anilines is 1. The third-order valence-electron chi connectivity index (χ3n) is 4.35. The first-order chi connectivity index (χ1) is 13.3. The number of thioether (sulfide) groups is 1. The molecular formula is C21H23N5S. The van der Waals surface area contributed by atoms with Crippen LogP contribution in [0.4, 0.5) is 5.69 Å². The normalized spacial score (nSPS) is 10.6. The Morgan fingerprint density at radius 2 is 1.70 bits per heavy atom. The van der Waals surface area contributed by atoms with Crippen LogP contribution in [0.15, 0.2) is 59.8 Å². The van der Waals surface area contributed by atoms with E-state index in [2.05, 4.69) is 63.8 Å². The van der Waals surface area contributed by atoms with E-state index >= 15 is 0 Å². The molecule has 27 heavy (non-hydrogen) atoms. The fourth-order valence-corrected chi connectivity index (χ4v) is 3.75. The van der Waals surface area contributed by atoms with Gasteiger partial charge in [-0.15, -0.1) is 10.2 Å². The van der Waals surface area contributed by atoms with Gasteiger partial charge in [-0.1, -0.05) is 30.0 Å². The van der Waals surface area contributed by atoms with Crippen LogP contribution < -0.4 is 4.90 Å². The number of hydrogen-bond acceptors (Lipinski definition) is 5. The Bertz CT molecular complexity index is 893. The van der Waals surface area contributed by atoms with Crippen LogP contribution >= 0.6 is 11.8 Å². The van der Waals surface area contributed by atoms with E-state index < -0.39 is 0 Å². The lowest BCUT2D eigenvalue weighted by Gasteiger charge is -2.21. The molecule has 3 rings (SSSR count). The van der Waals surface area contributed by atoms with Crippen LogP contribution in [-0.4, -0.2) is 33.6 Å². The number of hydrogen-bond donors (Lipinski definition) is 0. The molecule has 0 N–H and O–H groups in total. The van der Waals surface area contributed by atoms with E-state index in [0.717, 1.165) is 35.3 Å². The highest BCUT2D eigenvalue weighted by molar-refractivity contribution is 7.99. The molecule has 2 aromatic carbocycles. The molecule has 138 valence electrons. The molecule has 0 aliphatic heterocycles. The number of nitriles is 1. The monoisotopic (exact) mass is 377 g/mol. The van der Waals surface area contributed by atoms with Gasteiger partial charge in [-0.3, -0.25) is 4.57 Å². The van der Waals surface area contributed by atoms with E-state index in [0.29, 0.717) is 12.2 Å². The highest BCUT2D eigenvalue weighted by Crippen LogP contribution is 2.29. The molecule has 0 radical (unpaired) electrons. The van der Waals surface area contributed by atoms with Crippen molar-refractivity contribution in [3.05, 3.63) is 54.6 Å². The summed E-state index contributed by atoms with van der Waals surface area (Å²) in [5.74, 6) is 1.51. The molecular weight excluding hydrogens is 354 g/mol. The van der Waals surface area contributed by atoms with Gasteiger partial charge in [0.2, 0.25) is 0 Å². The zero-order chi connectivity index (χ0) is 19.1. The summed E-state index contributed by atoms with van der Waals surface area (Å²) in [5, 5.41) is 18.5. The quantitative estimate of drug-likeness (QED) is 0.417. The van der Waals surface area contributed by atoms with E-state index in [4.69, 9.17) is 5.26 Å². The van der Waals surface area contributed by atoms with Gasteiger partial charge >= 0.3 is 0 Å². The van der Waals surface area contributed by atoms with Gasteiger partial charge in [0.25, 0.3) is 0 Å². The summed E-state index contributed by atoms with van der Waals surface area (Å²) in [7, 11) is 0. The van der Waals surface area contributed by atoms with E-state index in [1.54, 1.807) is 11.8 Å². The predicted molar refractivity (Wildman–Crippen MR) is 111 cm³/mol. The van der Waals surface area contributed by atoms with Gasteiger partial charge in [-0.25, -0.2) is 0 Å². The SMILES string of the molecule is CCN(CC)c1ccc(-c2nnc(SCCC#N)n2-c2ccccc2)cc1. The lowest BCUT2D eigenvalue weighted by atomic mass is 10.1. The minimum absolute atomic E-state index is 0.486. The molecule has 0 unspecified atom stereocenters. The van der Waals surface area contributed by atoms with E-state index in [1.807, 2.05) is 30.3 Å². The van der Waals surface area contributed by atoms with Crippen molar-refractivity contribution in [1.82, 2.24) is 14.8 Å². The molecule has 1 heterocycles. The van der Waals surface area contributed by atoms with Gasteiger partial charge in [-0.2, -0.15) is 5.26 Å². The van der Waals surface area contributed by atoms with Crippen LogP contribution in [0.1, 0.15) is 20.3 Å². The average molecular weight is 378 g/mol. The van der Waals surface area contributed by atoms with Gasteiger partial charge in [-0.05, 0) is 50.2 Å². The van der Waals surface area contributed by atoms with Crippen molar-refractivity contribution < 1.29 is 0 Å². The lowest BCUT2D eigenvalue weighted by molar-refractivity contribution is 0.866. The van der Waals surface area contributed by atoms with Crippen molar-refractivity contribution >= 4 is 17.4 Å². The second-order valence-electron chi connectivity index (χ2n) is 5.95. The van der Waals surface area contributed by atoms with Crippen LogP contribution in [0.25, 0.3) is 17.1 Å². The molecule has 5 nitrogen and oxygen atoms in total. The van der Waals surface area contributed by atoms with Crippen LogP contribution in [0.2, 0.25) is 0 Å². The summed E-state index contributed by atoms with van der Waals surface area (Å²) in [6, 6.07) is 20.7. The summed E-state index contributed by atoms with van der Waals surface area (Å²) in [4.78, 5) is 2.31. The number of aromatic nitrogens is 3. The Balaban J connectivity index is 1.99. The van der Waals surface area contributed by atoms with Crippen molar-refractivity contribution in [2.45, 2.75) is 25.4 Å². The summed E-state index contributed by atoms with van der Waals surface area (Å²) < 4.78 is 2.06. The average Bonchev–Trinajstić information content (AvgIpc) is 3.14. The molecule has 0 atom stereocenters. The fraction of sp³-hybridized carbons (Fsp3) is 0.286. The van der Waals surface area contributed by atoms with E-state index in [1.165, 1.54) is 5.69 Å². The maximum Gasteiger partial charge on any atom is 0.196 e. The standard InChI is InChI=1S/C21H23N5S/c1-3-25(4-2)18-13-11-17(12-14-18)20-23-24-21(27-16-8-15-22)26(20)19-9-6-5-7-10-19/h5-7,9-14H,3-4,8,16H2,1-2H3. The van der Waals surface area contributed by atoms with Crippen LogP contribution in [0, 0.1) is 11.3 Å². The Kier molecular flexibility index (Phi) is 6.50. The minimum Gasteiger partial charge on any atom is -0.372 e. The highest BCUT2D eigenvalue weighted by Gasteiger charge is 2.16. The predicted octanol–water partition coefficient (Wildman–Crippen LogP) is 4.79. The van der Waals surface area contributed by atoms with Crippen LogP contribution in [0.3, 0.4) is 0 Å². The molecule has 0 amide bonds. The third-order valence-corrected chi connectivity index (χ3v) is 5.28. The zero-order valence-electron chi connectivity index (χ0n) is 15.7. The maximum absolute atomic E-state index is 8.82. The smallest absolute Gasteiger partial charge is 0.196 e. The summed E-state index contributed by atoms with van der Waals surface area (Å²) in [6.45, 7) is 6.29. The molecule has 0 bridgehead atoms. The van der Waals surface area contributed by atoms with Gasteiger partial charge in [0.1, 0.15) is 0 Å². The van der Waals surface area contributed by atoms with Gasteiger partial charge in [0.05, 0.1) is 6.07 Å². The first-order valence-electron chi connectivity index (χ1n) is 9.14. The van der Waals surface area contributed by atoms with Gasteiger partial charge in [0.15, 0.2) is 11.0 Å². The molecule has 0 saturated carbocycles. The van der Waals surface area contributed by atoms with Crippen LogP contribution in [-0.2, 0) is 0 Å². The Hall–Kier alpha value is -2.78. The summed E-state index contributed by atoms with van der Waals surface area (Å²) in [5.41, 5.74) is 3.25. The Labute approximate surface area is 164 Å². The molecule has 1 aromatic heterocycles. The summed E-state index contributed by atoms with van der Waals surface area (Å²) in [6.07, 6.45) is 0.486. The van der Waals surface area contributed by atoms with Crippen molar-refractivity contribution in [3.8, 4) is 23.1 Å². The van der Waals surface area contributed by atoms with Gasteiger partial charge in [0, 0.05) is 42.2 Å². The van der Waals surface area contributed by atoms with Crippen molar-refractivity contribution in [1.29, 1.82) is 5.26 Å². The lowest BCUT2D eigenvalue weighted by Crippen LogP contribution is -2.21. The third kappa shape index (κ3) is 4.32. The van der Waals surface area contributed by atoms with Gasteiger partial charge < -0.3 is 4.90 Å². The van der Waals surface area contributed by atoms with E-state index in [9.17, 15) is 0 Å². The molecule has 0 saturated heterocycles. The molecule has 0 spiro atoms. The number of para-hydroxylation sites is 1. The fourth-order valence-electron chi connectivity index (χ4n) is 2.96. The maximum atomic E-state index is 8.82. The zero-order valence-corrected chi connectivity index (χ0v) is 16.5. The molecule has 0 aliphatic rings. The molecule has 0 fully saturated rings. The number of benzene rings is 2. The Morgan fingerprint density at radius 3 is 2.33 bits per heavy atom. The second-order valence-corrected chi connectivity index (χ2v) is 7.01. The topological polar surface area (TPSA) is 57.7 Å². The number of nitrogens with zero attached hydrogens (tertiary/aromatic N) is 5. The Morgan fingerprint density at radius 1 is 1.00 bits per heavy atom. The molecule has 3 aromatic rings. The first-order valence-corrected chi connectivity index (χ1v) is 10.1. The second kappa shape index (κ2) is 9.24. The van der Waals surface area contributed by atoms with Crippen molar-refractivity contribution in [3.63, 3.8) is 0 Å².